The van der Waals surface area contributed by atoms with Crippen molar-refractivity contribution in [3.63, 3.8) is 0 Å². The highest BCUT2D eigenvalue weighted by Gasteiger charge is 2.51. The van der Waals surface area contributed by atoms with E-state index in [9.17, 15) is 4.79 Å². The van der Waals surface area contributed by atoms with Gasteiger partial charge in [0.2, 0.25) is 0 Å². The molecule has 5 nitrogen and oxygen atoms in total. The van der Waals surface area contributed by atoms with Gasteiger partial charge in [-0.1, -0.05) is 27.7 Å². The fourth-order valence-corrected chi connectivity index (χ4v) is 6.21. The first-order chi connectivity index (χ1) is 15.5. The normalized spacial score (nSPS) is 25.4. The minimum Gasteiger partial charge on any atom is -0.410 e. The van der Waals surface area contributed by atoms with Crippen molar-refractivity contribution in [3.05, 3.63) is 21.7 Å². The summed E-state index contributed by atoms with van der Waals surface area (Å²) in [6.07, 6.45) is 6.36. The average Bonchev–Trinajstić information content (AvgIpc) is 3.18. The van der Waals surface area contributed by atoms with Crippen molar-refractivity contribution >= 4 is 32.0 Å². The SMILES string of the molecule is C/C(=C\c1csc(C)n1)[C@H](C[C@H]1OC(C)(C)O[C@]1(C)CCC[C@H](C)C=O)O[Si](C)(C)C(C)(C)C. The smallest absolute Gasteiger partial charge is 0.192 e. The molecule has 2 heterocycles. The van der Waals surface area contributed by atoms with Crippen LogP contribution in [-0.4, -0.2) is 43.2 Å². The fraction of sp³-hybridized carbons (Fsp3) is 0.778. The summed E-state index contributed by atoms with van der Waals surface area (Å²) in [4.78, 5) is 15.7. The Labute approximate surface area is 212 Å². The van der Waals surface area contributed by atoms with Crippen LogP contribution in [0.25, 0.3) is 6.08 Å². The van der Waals surface area contributed by atoms with Crippen molar-refractivity contribution in [3.8, 4) is 0 Å². The van der Waals surface area contributed by atoms with Gasteiger partial charge in [-0.05, 0) is 83.7 Å². The molecule has 2 rings (SSSR count). The van der Waals surface area contributed by atoms with Gasteiger partial charge in [-0.3, -0.25) is 0 Å². The zero-order valence-electron chi connectivity index (χ0n) is 23.3. The molecule has 1 aromatic heterocycles. The van der Waals surface area contributed by atoms with Crippen LogP contribution in [0.15, 0.2) is 11.0 Å². The highest BCUT2D eigenvalue weighted by atomic mass is 32.1. The molecule has 1 fully saturated rings. The van der Waals surface area contributed by atoms with Crippen molar-refractivity contribution in [2.75, 3.05) is 0 Å². The lowest BCUT2D eigenvalue weighted by Gasteiger charge is -2.41. The van der Waals surface area contributed by atoms with Crippen LogP contribution in [-0.2, 0) is 18.7 Å². The zero-order valence-corrected chi connectivity index (χ0v) is 25.1. The van der Waals surface area contributed by atoms with Gasteiger partial charge < -0.3 is 18.7 Å². The Morgan fingerprint density at radius 2 is 1.97 bits per heavy atom. The van der Waals surface area contributed by atoms with E-state index in [1.54, 1.807) is 11.3 Å². The summed E-state index contributed by atoms with van der Waals surface area (Å²) < 4.78 is 20.0. The Balaban J connectivity index is 2.32. The molecular formula is C27H47NO4SSi. The second-order valence-electron chi connectivity index (χ2n) is 12.2. The third-order valence-corrected chi connectivity index (χ3v) is 12.6. The van der Waals surface area contributed by atoms with Crippen molar-refractivity contribution in [2.45, 2.75) is 130 Å². The number of aldehydes is 1. The summed E-state index contributed by atoms with van der Waals surface area (Å²) >= 11 is 1.66. The van der Waals surface area contributed by atoms with Crippen LogP contribution < -0.4 is 0 Å². The van der Waals surface area contributed by atoms with E-state index in [4.69, 9.17) is 13.9 Å². The van der Waals surface area contributed by atoms with Gasteiger partial charge in [0, 0.05) is 17.7 Å². The average molecular weight is 510 g/mol. The Kier molecular flexibility index (Phi) is 9.53. The van der Waals surface area contributed by atoms with Crippen LogP contribution in [0.5, 0.6) is 0 Å². The lowest BCUT2D eigenvalue weighted by atomic mass is 9.87. The summed E-state index contributed by atoms with van der Waals surface area (Å²) in [7, 11) is -2.04. The molecule has 1 saturated heterocycles. The Hall–Kier alpha value is -0.863. The number of aryl methyl sites for hydroxylation is 1. The number of ether oxygens (including phenoxy) is 2. The molecule has 194 valence electrons. The number of carbonyl (C=O) groups is 1. The summed E-state index contributed by atoms with van der Waals surface area (Å²) in [5, 5.41) is 3.26. The van der Waals surface area contributed by atoms with Crippen molar-refractivity contribution in [1.82, 2.24) is 4.98 Å². The number of nitrogens with zero attached hydrogens (tertiary/aromatic N) is 1. The quantitative estimate of drug-likeness (QED) is 0.228. The van der Waals surface area contributed by atoms with Gasteiger partial charge in [-0.15, -0.1) is 11.3 Å². The minimum absolute atomic E-state index is 0.0683. The van der Waals surface area contributed by atoms with E-state index >= 15 is 0 Å². The van der Waals surface area contributed by atoms with Crippen LogP contribution in [0.4, 0.5) is 0 Å². The van der Waals surface area contributed by atoms with E-state index in [0.29, 0.717) is 0 Å². The molecule has 0 radical (unpaired) electrons. The minimum atomic E-state index is -2.04. The summed E-state index contributed by atoms with van der Waals surface area (Å²) in [5.41, 5.74) is 1.72. The molecule has 4 atom stereocenters. The molecule has 1 aromatic rings. The third-order valence-electron chi connectivity index (χ3n) is 7.34. The standard InChI is InChI=1S/C27H47NO4SSi/c1-19(17-29)13-12-14-27(9)24(30-26(7,8)32-27)16-23(31-34(10,11)25(4,5)6)20(2)15-22-18-33-21(3)28-22/h15,17-19,23-24H,12-14,16H2,1-11H3/b20-15+/t19-,23-,24+,27+/m0/s1. The molecule has 0 amide bonds. The molecule has 7 heteroatoms. The number of hydrogen-bond acceptors (Lipinski definition) is 6. The third kappa shape index (κ3) is 7.82. The first-order valence-corrected chi connectivity index (χ1v) is 16.4. The molecular weight excluding hydrogens is 462 g/mol. The monoisotopic (exact) mass is 509 g/mol. The van der Waals surface area contributed by atoms with Crippen molar-refractivity contribution < 1.29 is 18.7 Å². The molecule has 0 spiro atoms. The van der Waals surface area contributed by atoms with Crippen LogP contribution in [0.1, 0.15) is 91.8 Å². The molecule has 0 saturated carbocycles. The van der Waals surface area contributed by atoms with E-state index in [2.05, 4.69) is 64.2 Å². The summed E-state index contributed by atoms with van der Waals surface area (Å²) in [6, 6.07) is 0. The predicted molar refractivity (Wildman–Crippen MR) is 145 cm³/mol. The predicted octanol–water partition coefficient (Wildman–Crippen LogP) is 7.55. The second kappa shape index (κ2) is 11.0. The maximum Gasteiger partial charge on any atom is 0.192 e. The number of aromatic nitrogens is 1. The van der Waals surface area contributed by atoms with Gasteiger partial charge in [0.1, 0.15) is 6.29 Å². The lowest BCUT2D eigenvalue weighted by molar-refractivity contribution is -0.162. The number of rotatable bonds is 11. The summed E-state index contributed by atoms with van der Waals surface area (Å²) in [6.45, 7) is 23.7. The molecule has 0 aliphatic carbocycles. The van der Waals surface area contributed by atoms with Crippen molar-refractivity contribution in [1.29, 1.82) is 0 Å². The maximum absolute atomic E-state index is 11.1. The molecule has 0 N–H and O–H groups in total. The molecule has 0 unspecified atom stereocenters. The first-order valence-electron chi connectivity index (χ1n) is 12.6. The highest BCUT2D eigenvalue weighted by molar-refractivity contribution is 7.09. The van der Waals surface area contributed by atoms with Crippen LogP contribution in [0.2, 0.25) is 18.1 Å². The molecule has 34 heavy (non-hydrogen) atoms. The zero-order chi connectivity index (χ0) is 25.9. The van der Waals surface area contributed by atoms with Gasteiger partial charge in [0.05, 0.1) is 28.5 Å². The lowest BCUT2D eigenvalue weighted by Crippen LogP contribution is -2.47. The largest absolute Gasteiger partial charge is 0.410 e. The van der Waals surface area contributed by atoms with Crippen LogP contribution >= 0.6 is 11.3 Å². The molecule has 0 aromatic carbocycles. The first kappa shape index (κ1) is 29.4. The fourth-order valence-electron chi connectivity index (χ4n) is 4.30. The maximum atomic E-state index is 11.1. The topological polar surface area (TPSA) is 57.7 Å². The van der Waals surface area contributed by atoms with Gasteiger partial charge in [0.25, 0.3) is 0 Å². The van der Waals surface area contributed by atoms with Gasteiger partial charge in [-0.25, -0.2) is 4.98 Å². The highest BCUT2D eigenvalue weighted by Crippen LogP contribution is 2.44. The van der Waals surface area contributed by atoms with Gasteiger partial charge >= 0.3 is 0 Å². The van der Waals surface area contributed by atoms with E-state index in [1.807, 2.05) is 27.7 Å². The van der Waals surface area contributed by atoms with E-state index in [-0.39, 0.29) is 23.2 Å². The van der Waals surface area contributed by atoms with Crippen LogP contribution in [0, 0.1) is 12.8 Å². The van der Waals surface area contributed by atoms with Crippen molar-refractivity contribution in [2.24, 2.45) is 5.92 Å². The molecule has 0 bridgehead atoms. The number of thiazole rings is 1. The van der Waals surface area contributed by atoms with Crippen LogP contribution in [0.3, 0.4) is 0 Å². The van der Waals surface area contributed by atoms with E-state index in [1.165, 1.54) is 5.57 Å². The molecule has 1 aliphatic heterocycles. The Bertz CT molecular complexity index is 857. The number of hydrogen-bond donors (Lipinski definition) is 0. The van der Waals surface area contributed by atoms with Gasteiger partial charge in [0.15, 0.2) is 14.1 Å². The Morgan fingerprint density at radius 1 is 1.32 bits per heavy atom. The molecule has 1 aliphatic rings. The second-order valence-corrected chi connectivity index (χ2v) is 18.0. The van der Waals surface area contributed by atoms with E-state index in [0.717, 1.165) is 42.7 Å². The van der Waals surface area contributed by atoms with Gasteiger partial charge in [-0.2, -0.15) is 0 Å². The summed E-state index contributed by atoms with van der Waals surface area (Å²) in [5.74, 6) is -0.584. The Morgan fingerprint density at radius 3 is 2.50 bits per heavy atom. The number of carbonyl (C=O) groups excluding carboxylic acids is 1. The van der Waals surface area contributed by atoms with E-state index < -0.39 is 19.7 Å².